The molecular formula is C47H55N2O17S5+. The molecule has 6 N–H and O–H groups in total. The van der Waals surface area contributed by atoms with Gasteiger partial charge in [-0.25, -0.2) is 0 Å². The number of carboxylic acids is 1. The van der Waals surface area contributed by atoms with Crippen molar-refractivity contribution >= 4 is 95.2 Å². The smallest absolute Gasteiger partial charge is 0.303 e. The fourth-order valence-electron chi connectivity index (χ4n) is 9.82. The van der Waals surface area contributed by atoms with Crippen molar-refractivity contribution in [1.82, 2.24) is 0 Å². The molecule has 19 nitrogen and oxygen atoms in total. The van der Waals surface area contributed by atoms with E-state index in [1.807, 2.05) is 29.7 Å². The quantitative estimate of drug-likeness (QED) is 0.0206. The number of hydrogen-bond donors (Lipinski definition) is 6. The molecule has 2 aliphatic heterocycles. The van der Waals surface area contributed by atoms with Crippen LogP contribution in [-0.4, -0.2) is 111 Å². The lowest BCUT2D eigenvalue weighted by Gasteiger charge is -2.27. The molecule has 24 heteroatoms. The van der Waals surface area contributed by atoms with E-state index in [2.05, 4.69) is 0 Å². The number of hydrogen-bond acceptors (Lipinski definition) is 12. The number of benzene rings is 4. The molecule has 0 bridgehead atoms. The number of unbranched alkanes of at least 4 members (excludes halogenated alkanes) is 2. The van der Waals surface area contributed by atoms with E-state index in [0.29, 0.717) is 82.0 Å². The van der Waals surface area contributed by atoms with Crippen molar-refractivity contribution in [3.63, 3.8) is 0 Å². The van der Waals surface area contributed by atoms with Gasteiger partial charge in [0.15, 0.2) is 5.71 Å². The van der Waals surface area contributed by atoms with Crippen LogP contribution in [0.1, 0.15) is 82.4 Å². The zero-order valence-corrected chi connectivity index (χ0v) is 43.1. The van der Waals surface area contributed by atoms with Gasteiger partial charge in [-0.05, 0) is 103 Å². The van der Waals surface area contributed by atoms with E-state index in [1.165, 1.54) is 24.3 Å². The molecule has 0 aliphatic carbocycles. The topological polar surface area (TPSA) is 315 Å². The molecule has 384 valence electrons. The Balaban J connectivity index is 1.43. The minimum atomic E-state index is -5.02. The van der Waals surface area contributed by atoms with E-state index in [1.54, 1.807) is 62.1 Å². The monoisotopic (exact) mass is 1080 g/mol. The van der Waals surface area contributed by atoms with Crippen molar-refractivity contribution < 1.29 is 79.3 Å². The number of aryl methyl sites for hydroxylation is 1. The number of allylic oxidation sites excluding steroid dienone is 8. The zero-order chi connectivity index (χ0) is 52.7. The lowest BCUT2D eigenvalue weighted by atomic mass is 9.73. The third-order valence-electron chi connectivity index (χ3n) is 12.8. The Kier molecular flexibility index (Phi) is 15.8. The van der Waals surface area contributed by atoms with Gasteiger partial charge in [-0.3, -0.25) is 27.6 Å². The number of anilines is 1. The van der Waals surface area contributed by atoms with E-state index in [0.717, 1.165) is 6.07 Å². The second-order valence-corrected chi connectivity index (χ2v) is 25.6. The van der Waals surface area contributed by atoms with Crippen LogP contribution in [0.3, 0.4) is 0 Å². The molecule has 2 heterocycles. The van der Waals surface area contributed by atoms with E-state index in [4.69, 9.17) is 0 Å². The van der Waals surface area contributed by atoms with E-state index < -0.39 is 88.7 Å². The highest BCUT2D eigenvalue weighted by molar-refractivity contribution is 7.87. The lowest BCUT2D eigenvalue weighted by molar-refractivity contribution is -0.437. The predicted octanol–water partition coefficient (Wildman–Crippen LogP) is 7.34. The second-order valence-electron chi connectivity index (χ2n) is 18.3. The highest BCUT2D eigenvalue weighted by Gasteiger charge is 2.49. The largest absolute Gasteiger partial charge is 0.481 e. The Labute approximate surface area is 413 Å². The van der Waals surface area contributed by atoms with Crippen molar-refractivity contribution in [2.45, 2.75) is 98.2 Å². The zero-order valence-electron chi connectivity index (χ0n) is 39.0. The van der Waals surface area contributed by atoms with Crippen molar-refractivity contribution in [2.24, 2.45) is 0 Å². The average molecular weight is 1080 g/mol. The van der Waals surface area contributed by atoms with Gasteiger partial charge >= 0.3 is 5.97 Å². The number of nitrogens with zero attached hydrogens (tertiary/aromatic N) is 2. The molecule has 0 aromatic heterocycles. The first kappa shape index (κ1) is 55.2. The summed E-state index contributed by atoms with van der Waals surface area (Å²) in [5.74, 6) is -2.08. The lowest BCUT2D eigenvalue weighted by Crippen LogP contribution is -2.32. The first-order valence-corrected chi connectivity index (χ1v) is 29.7. The van der Waals surface area contributed by atoms with E-state index in [-0.39, 0.29) is 48.0 Å². The van der Waals surface area contributed by atoms with Crippen LogP contribution in [0.15, 0.2) is 111 Å². The van der Waals surface area contributed by atoms with Gasteiger partial charge < -0.3 is 10.0 Å². The van der Waals surface area contributed by atoms with Gasteiger partial charge in [-0.2, -0.15) is 46.7 Å². The molecule has 1 atom stereocenters. The SMILES string of the molecule is Cc1cc(S(=O)(=O)O)cc2c3c(ccc12)[N+](CCCS(=O)(=O)O)=C(/C=C/C=C/C=C/C=C1/N(CCCS(=O)(=O)O)c2ccc4c(S(=O)(=O)O)cc(S(=O)(=O)O)cc4c2C1(C)C)C3(C)CCCCCC(=O)O. The molecule has 0 amide bonds. The Hall–Kier alpha value is -5.15. The van der Waals surface area contributed by atoms with Gasteiger partial charge in [0.25, 0.3) is 50.6 Å². The first-order chi connectivity index (χ1) is 32.8. The summed E-state index contributed by atoms with van der Waals surface area (Å²) in [6.07, 6.45) is 13.8. The molecule has 0 spiro atoms. The summed E-state index contributed by atoms with van der Waals surface area (Å²) in [7, 11) is -23.4. The molecule has 0 saturated carbocycles. The molecular weight excluding hydrogens is 1020 g/mol. The Morgan fingerprint density at radius 2 is 1.21 bits per heavy atom. The van der Waals surface area contributed by atoms with Crippen LogP contribution < -0.4 is 4.90 Å². The van der Waals surface area contributed by atoms with Crippen LogP contribution in [0.5, 0.6) is 0 Å². The molecule has 4 aromatic carbocycles. The van der Waals surface area contributed by atoms with Crippen molar-refractivity contribution in [3.05, 3.63) is 113 Å². The van der Waals surface area contributed by atoms with Crippen LogP contribution in [-0.2, 0) is 66.2 Å². The predicted molar refractivity (Wildman–Crippen MR) is 268 cm³/mol. The molecule has 6 rings (SSSR count). The summed E-state index contributed by atoms with van der Waals surface area (Å²) in [6.45, 7) is 7.32. The van der Waals surface area contributed by atoms with Crippen molar-refractivity contribution in [2.75, 3.05) is 29.5 Å². The van der Waals surface area contributed by atoms with Crippen molar-refractivity contribution in [1.29, 1.82) is 0 Å². The fourth-order valence-corrected chi connectivity index (χ4v) is 12.7. The number of carboxylic acid groups (broad SMARTS) is 1. The summed E-state index contributed by atoms with van der Waals surface area (Å²) in [5.41, 5.74) is 2.03. The fraction of sp³-hybridized carbons (Fsp3) is 0.362. The van der Waals surface area contributed by atoms with Crippen molar-refractivity contribution in [3.8, 4) is 0 Å². The Bertz CT molecular complexity index is 3580. The van der Waals surface area contributed by atoms with Crippen LogP contribution in [0, 0.1) is 6.92 Å². The molecule has 4 aromatic rings. The standard InChI is InChI=1S/C47H54N2O17S5/c1-31-27-32(69(58,59)60)28-36-34(31)18-20-39-45(36)47(4,22-12-8-11-17-43(50)51)42(49(39)24-14-26-68(55,56)57)16-10-7-5-6-9-15-41-46(2,3)44-37-29-33(70(61,62)63)30-40(71(64,65)66)35(37)19-21-38(44)48(41)23-13-25-67(52,53)54/h5-7,9-10,15-16,18-21,27-30H,8,11-14,17,22-26H2,1-4H3,(H5-,50,51,52,53,54,55,56,57,58,59,60,61,62,63,64,65,66)/p+1. The maximum Gasteiger partial charge on any atom is 0.303 e. The molecule has 0 radical (unpaired) electrons. The highest BCUT2D eigenvalue weighted by Crippen LogP contribution is 2.52. The number of aliphatic carboxylic acids is 1. The second kappa shape index (κ2) is 20.4. The van der Waals surface area contributed by atoms with Gasteiger partial charge in [0, 0.05) is 59.3 Å². The van der Waals surface area contributed by atoms with E-state index >= 15 is 0 Å². The van der Waals surface area contributed by atoms with E-state index in [9.17, 15) is 74.8 Å². The summed E-state index contributed by atoms with van der Waals surface area (Å²) in [5, 5.41) is 10.5. The third-order valence-corrected chi connectivity index (χ3v) is 17.0. The number of rotatable bonds is 21. The third kappa shape index (κ3) is 12.4. The van der Waals surface area contributed by atoms with Gasteiger partial charge in [0.2, 0.25) is 5.69 Å². The van der Waals surface area contributed by atoms with Gasteiger partial charge in [0.05, 0.1) is 26.7 Å². The molecule has 2 aliphatic rings. The maximum absolute atomic E-state index is 12.5. The minimum Gasteiger partial charge on any atom is -0.481 e. The van der Waals surface area contributed by atoms with Gasteiger partial charge in [-0.1, -0.05) is 63.1 Å². The number of fused-ring (bicyclic) bond motifs is 6. The molecule has 0 fully saturated rings. The van der Waals surface area contributed by atoms with Crippen LogP contribution >= 0.6 is 0 Å². The van der Waals surface area contributed by atoms with Crippen LogP contribution in [0.2, 0.25) is 0 Å². The van der Waals surface area contributed by atoms with Crippen LogP contribution in [0.25, 0.3) is 21.5 Å². The minimum absolute atomic E-state index is 0.00586. The normalized spacial score (nSPS) is 18.3. The van der Waals surface area contributed by atoms with Gasteiger partial charge in [-0.15, -0.1) is 0 Å². The molecule has 71 heavy (non-hydrogen) atoms. The first-order valence-electron chi connectivity index (χ1n) is 22.1. The average Bonchev–Trinajstić information content (AvgIpc) is 3.60. The maximum atomic E-state index is 12.5. The summed E-state index contributed by atoms with van der Waals surface area (Å²) in [6, 6.07) is 11.0. The van der Waals surface area contributed by atoms with Gasteiger partial charge in [0.1, 0.15) is 11.4 Å². The number of carbonyl (C=O) groups is 1. The highest BCUT2D eigenvalue weighted by atomic mass is 32.2. The molecule has 0 saturated heterocycles. The Morgan fingerprint density at radius 1 is 0.634 bits per heavy atom. The summed E-state index contributed by atoms with van der Waals surface area (Å²) < 4.78 is 173. The molecule has 1 unspecified atom stereocenters. The summed E-state index contributed by atoms with van der Waals surface area (Å²) in [4.78, 5) is 11.2. The summed E-state index contributed by atoms with van der Waals surface area (Å²) >= 11 is 0. The Morgan fingerprint density at radius 3 is 1.82 bits per heavy atom. The van der Waals surface area contributed by atoms with Crippen LogP contribution in [0.4, 0.5) is 11.4 Å².